The molecule has 6 atom stereocenters. The van der Waals surface area contributed by atoms with Gasteiger partial charge in [-0.2, -0.15) is 0 Å². The number of hydrogen-bond acceptors (Lipinski definition) is 15. The third-order valence-electron chi connectivity index (χ3n) is 18.0. The Kier molecular flexibility index (Phi) is 65.2. The number of carbonyl (C=O) groups is 4. The first-order valence-corrected chi connectivity index (χ1v) is 42.4. The second-order valence-electron chi connectivity index (χ2n) is 28.6. The van der Waals surface area contributed by atoms with Gasteiger partial charge in [0.05, 0.1) is 26.4 Å². The summed E-state index contributed by atoms with van der Waals surface area (Å²) in [6, 6.07) is 0. The van der Waals surface area contributed by atoms with Gasteiger partial charge in [0.25, 0.3) is 0 Å². The van der Waals surface area contributed by atoms with E-state index in [0.29, 0.717) is 37.5 Å². The third-order valence-corrected chi connectivity index (χ3v) is 19.9. The van der Waals surface area contributed by atoms with Crippen LogP contribution in [-0.2, 0) is 65.4 Å². The molecule has 95 heavy (non-hydrogen) atoms. The number of unbranched alkanes of at least 4 members (excludes halogenated alkanes) is 41. The summed E-state index contributed by atoms with van der Waals surface area (Å²) >= 11 is 0. The maximum Gasteiger partial charge on any atom is 0.472 e. The Morgan fingerprint density at radius 1 is 0.305 bits per heavy atom. The summed E-state index contributed by atoms with van der Waals surface area (Å²) in [6.45, 7) is 11.8. The molecule has 0 amide bonds. The van der Waals surface area contributed by atoms with E-state index in [9.17, 15) is 43.2 Å². The Bertz CT molecular complexity index is 1850. The maximum absolute atomic E-state index is 13.1. The average Bonchev–Trinajstić information content (AvgIpc) is 2.44. The highest BCUT2D eigenvalue weighted by molar-refractivity contribution is 7.47. The van der Waals surface area contributed by atoms with Gasteiger partial charge < -0.3 is 33.8 Å². The minimum absolute atomic E-state index is 0.101. The third kappa shape index (κ3) is 69.0. The van der Waals surface area contributed by atoms with Gasteiger partial charge in [-0.15, -0.1) is 0 Å². The molecule has 0 saturated heterocycles. The van der Waals surface area contributed by atoms with Gasteiger partial charge in [-0.25, -0.2) is 9.13 Å². The van der Waals surface area contributed by atoms with Crippen LogP contribution in [0.5, 0.6) is 0 Å². The quantitative estimate of drug-likeness (QED) is 0.0222. The molecule has 0 aliphatic rings. The molecular weight excluding hydrogens is 1250 g/mol. The van der Waals surface area contributed by atoms with Gasteiger partial charge in [0.15, 0.2) is 12.2 Å². The van der Waals surface area contributed by atoms with Gasteiger partial charge in [-0.3, -0.25) is 37.3 Å². The predicted octanol–water partition coefficient (Wildman–Crippen LogP) is 22.2. The second-order valence-corrected chi connectivity index (χ2v) is 31.5. The summed E-state index contributed by atoms with van der Waals surface area (Å²) in [5.41, 5.74) is 0. The predicted molar refractivity (Wildman–Crippen MR) is 386 cm³/mol. The Balaban J connectivity index is 5.16. The van der Waals surface area contributed by atoms with Crippen molar-refractivity contribution in [2.75, 3.05) is 39.6 Å². The van der Waals surface area contributed by atoms with E-state index < -0.39 is 97.5 Å². The van der Waals surface area contributed by atoms with Gasteiger partial charge in [0.1, 0.15) is 19.3 Å². The van der Waals surface area contributed by atoms with Crippen molar-refractivity contribution in [2.24, 2.45) is 17.8 Å². The number of phosphoric ester groups is 2. The second kappa shape index (κ2) is 66.6. The van der Waals surface area contributed by atoms with E-state index in [-0.39, 0.29) is 25.7 Å². The van der Waals surface area contributed by atoms with E-state index in [1.807, 2.05) is 0 Å². The fourth-order valence-corrected chi connectivity index (χ4v) is 13.1. The Labute approximate surface area is 581 Å². The molecule has 0 bridgehead atoms. The summed E-state index contributed by atoms with van der Waals surface area (Å²) in [6.07, 6.45) is 53.2. The van der Waals surface area contributed by atoms with E-state index in [1.54, 1.807) is 0 Å². The van der Waals surface area contributed by atoms with Crippen molar-refractivity contribution in [1.29, 1.82) is 0 Å². The fourth-order valence-electron chi connectivity index (χ4n) is 11.6. The van der Waals surface area contributed by atoms with E-state index in [4.69, 9.17) is 37.0 Å². The summed E-state index contributed by atoms with van der Waals surface area (Å²) in [4.78, 5) is 72.6. The van der Waals surface area contributed by atoms with Crippen LogP contribution < -0.4 is 0 Å². The molecule has 3 unspecified atom stereocenters. The van der Waals surface area contributed by atoms with E-state index in [2.05, 4.69) is 48.5 Å². The highest BCUT2D eigenvalue weighted by Gasteiger charge is 2.30. The van der Waals surface area contributed by atoms with E-state index in [0.717, 1.165) is 102 Å². The van der Waals surface area contributed by atoms with Gasteiger partial charge in [-0.05, 0) is 43.4 Å². The van der Waals surface area contributed by atoms with Gasteiger partial charge in [0, 0.05) is 25.7 Å². The molecule has 0 rings (SSSR count). The zero-order chi connectivity index (χ0) is 70.1. The van der Waals surface area contributed by atoms with Crippen LogP contribution in [0.25, 0.3) is 0 Å². The van der Waals surface area contributed by atoms with Crippen LogP contribution in [0.1, 0.15) is 389 Å². The minimum atomic E-state index is -4.96. The number of hydrogen-bond donors (Lipinski definition) is 3. The van der Waals surface area contributed by atoms with Crippen LogP contribution in [0.4, 0.5) is 0 Å². The largest absolute Gasteiger partial charge is 0.472 e. The fraction of sp³-hybridized carbons (Fsp3) is 0.947. The molecule has 564 valence electrons. The standard InChI is InChI=1S/C76H148O17P2/c1-8-10-11-12-13-14-15-16-21-25-28-31-34-43-50-57-73(78)86-63-71(92-75(80)59-52-45-35-32-29-26-23-20-18-17-19-22-24-27-30-33-42-49-56-69(7)9-2)65-90-94(82,83)88-61-70(77)62-89-95(84,85)91-66-72(93-76(81)60-53-46-39-37-41-48-55-68(5)6)64-87-74(79)58-51-44-38-36-40-47-54-67(3)4/h67-72,77H,8-66H2,1-7H3,(H,82,83)(H,84,85)/t69?,70-,71-,72-/m1/s1. The van der Waals surface area contributed by atoms with E-state index >= 15 is 0 Å². The van der Waals surface area contributed by atoms with Crippen molar-refractivity contribution in [3.8, 4) is 0 Å². The molecular formula is C76H148O17P2. The zero-order valence-electron chi connectivity index (χ0n) is 62.1. The summed E-state index contributed by atoms with van der Waals surface area (Å²) in [5, 5.41) is 10.6. The lowest BCUT2D eigenvalue weighted by molar-refractivity contribution is -0.161. The monoisotopic (exact) mass is 1400 g/mol. The number of aliphatic hydroxyl groups is 1. The zero-order valence-corrected chi connectivity index (χ0v) is 63.9. The Hall–Kier alpha value is -1.94. The Morgan fingerprint density at radius 3 is 0.800 bits per heavy atom. The molecule has 0 fully saturated rings. The van der Waals surface area contributed by atoms with Crippen molar-refractivity contribution in [3.63, 3.8) is 0 Å². The maximum atomic E-state index is 13.1. The van der Waals surface area contributed by atoms with Crippen LogP contribution in [0.2, 0.25) is 0 Å². The molecule has 0 aromatic rings. The van der Waals surface area contributed by atoms with Crippen molar-refractivity contribution >= 4 is 39.5 Å². The molecule has 17 nitrogen and oxygen atoms in total. The number of phosphoric acid groups is 2. The van der Waals surface area contributed by atoms with Crippen molar-refractivity contribution in [3.05, 3.63) is 0 Å². The van der Waals surface area contributed by atoms with E-state index in [1.165, 1.54) is 193 Å². The molecule has 0 heterocycles. The van der Waals surface area contributed by atoms with Crippen LogP contribution in [0.15, 0.2) is 0 Å². The van der Waals surface area contributed by atoms with Crippen LogP contribution in [-0.4, -0.2) is 96.7 Å². The molecule has 0 aromatic carbocycles. The number of ether oxygens (including phenoxy) is 4. The van der Waals surface area contributed by atoms with Crippen molar-refractivity contribution in [2.45, 2.75) is 407 Å². The highest BCUT2D eigenvalue weighted by atomic mass is 31.2. The van der Waals surface area contributed by atoms with Crippen LogP contribution in [0.3, 0.4) is 0 Å². The first kappa shape index (κ1) is 93.1. The summed E-state index contributed by atoms with van der Waals surface area (Å²) < 4.78 is 68.4. The van der Waals surface area contributed by atoms with Gasteiger partial charge >= 0.3 is 39.5 Å². The molecule has 0 saturated carbocycles. The smallest absolute Gasteiger partial charge is 0.462 e. The van der Waals surface area contributed by atoms with Crippen molar-refractivity contribution in [1.82, 2.24) is 0 Å². The molecule has 0 spiro atoms. The Morgan fingerprint density at radius 2 is 0.537 bits per heavy atom. The van der Waals surface area contributed by atoms with Crippen LogP contribution >= 0.6 is 15.6 Å². The number of aliphatic hydroxyl groups excluding tert-OH is 1. The first-order chi connectivity index (χ1) is 45.8. The molecule has 0 aromatic heterocycles. The van der Waals surface area contributed by atoms with Crippen LogP contribution in [0, 0.1) is 17.8 Å². The summed E-state index contributed by atoms with van der Waals surface area (Å²) in [7, 11) is -9.91. The average molecular weight is 1400 g/mol. The SMILES string of the molecule is CCCCCCCCCCCCCCCCCC(=O)OC[C@H](COP(=O)(O)OC[C@@H](O)COP(=O)(O)OC[C@@H](COC(=O)CCCCCCCCC(C)C)OC(=O)CCCCCCCCC(C)C)OC(=O)CCCCCCCCCCCCCCCCCCCCC(C)CC. The molecule has 0 aliphatic carbocycles. The normalized spacial score (nSPS) is 14.4. The summed E-state index contributed by atoms with van der Waals surface area (Å²) in [5.74, 6) is 0.0946. The molecule has 0 aliphatic heterocycles. The van der Waals surface area contributed by atoms with Gasteiger partial charge in [-0.1, -0.05) is 337 Å². The minimum Gasteiger partial charge on any atom is -0.462 e. The molecule has 3 N–H and O–H groups in total. The molecule has 19 heteroatoms. The van der Waals surface area contributed by atoms with Crippen molar-refractivity contribution < 1.29 is 80.2 Å². The number of rotatable bonds is 74. The lowest BCUT2D eigenvalue weighted by Crippen LogP contribution is -2.30. The van der Waals surface area contributed by atoms with Gasteiger partial charge in [0.2, 0.25) is 0 Å². The first-order valence-electron chi connectivity index (χ1n) is 39.4. The topological polar surface area (TPSA) is 237 Å². The number of esters is 4. The molecule has 0 radical (unpaired) electrons. The lowest BCUT2D eigenvalue weighted by atomic mass is 9.99. The highest BCUT2D eigenvalue weighted by Crippen LogP contribution is 2.45. The number of carbonyl (C=O) groups excluding carboxylic acids is 4. The lowest BCUT2D eigenvalue weighted by Gasteiger charge is -2.21.